The summed E-state index contributed by atoms with van der Waals surface area (Å²) in [4.78, 5) is 18.1. The lowest BCUT2D eigenvalue weighted by molar-refractivity contribution is 0.0996. The highest BCUT2D eigenvalue weighted by molar-refractivity contribution is 7.90. The molecule has 2 heterocycles. The van der Waals surface area contributed by atoms with E-state index in [1.807, 2.05) is 18.4 Å². The summed E-state index contributed by atoms with van der Waals surface area (Å²) >= 11 is 1.21. The standard InChI is InChI=1S/C25H31N3O6S3/c1-4-34-16-15-27-22-13-12-21(36(3,30)31)17-23(22)35-25(27)26-24(29)19-8-10-20(11-9-19)37(32,33)28-14-6-5-7-18(28)2/h8-13,17-18H,4-7,14-16H2,1-3H3. The Morgan fingerprint density at radius 2 is 1.78 bits per heavy atom. The Morgan fingerprint density at radius 1 is 1.08 bits per heavy atom. The fourth-order valence-corrected chi connectivity index (χ4v) is 7.89. The van der Waals surface area contributed by atoms with Gasteiger partial charge in [-0.2, -0.15) is 9.30 Å². The van der Waals surface area contributed by atoms with Crippen LogP contribution >= 0.6 is 11.3 Å². The summed E-state index contributed by atoms with van der Waals surface area (Å²) in [6, 6.07) is 10.6. The monoisotopic (exact) mass is 565 g/mol. The topological polar surface area (TPSA) is 115 Å². The van der Waals surface area contributed by atoms with Crippen molar-refractivity contribution in [3.05, 3.63) is 52.8 Å². The molecule has 0 N–H and O–H groups in total. The molecular formula is C25H31N3O6S3. The number of hydrogen-bond donors (Lipinski definition) is 0. The Kier molecular flexibility index (Phi) is 8.34. The summed E-state index contributed by atoms with van der Waals surface area (Å²) in [5.41, 5.74) is 1.01. The Labute approximate surface area is 221 Å². The Morgan fingerprint density at radius 3 is 2.43 bits per heavy atom. The predicted octanol–water partition coefficient (Wildman–Crippen LogP) is 3.45. The number of hydrogen-bond acceptors (Lipinski definition) is 7. The van der Waals surface area contributed by atoms with Gasteiger partial charge in [0, 0.05) is 37.6 Å². The van der Waals surface area contributed by atoms with E-state index in [2.05, 4.69) is 4.99 Å². The second-order valence-corrected chi connectivity index (χ2v) is 14.0. The lowest BCUT2D eigenvalue weighted by atomic mass is 10.1. The number of ether oxygens (including phenoxy) is 1. The van der Waals surface area contributed by atoms with Crippen molar-refractivity contribution < 1.29 is 26.4 Å². The molecule has 9 nitrogen and oxygen atoms in total. The third-order valence-corrected chi connectivity index (χ3v) is 10.6. The number of sulfone groups is 1. The van der Waals surface area contributed by atoms with Crippen molar-refractivity contribution in [1.82, 2.24) is 8.87 Å². The zero-order valence-electron chi connectivity index (χ0n) is 21.1. The van der Waals surface area contributed by atoms with E-state index in [0.717, 1.165) is 31.0 Å². The van der Waals surface area contributed by atoms with Crippen LogP contribution in [0.15, 0.2) is 57.2 Å². The van der Waals surface area contributed by atoms with Gasteiger partial charge in [-0.25, -0.2) is 16.8 Å². The van der Waals surface area contributed by atoms with Gasteiger partial charge in [-0.1, -0.05) is 17.8 Å². The zero-order chi connectivity index (χ0) is 26.8. The SMILES string of the molecule is CCOCCn1c(=NC(=O)c2ccc(S(=O)(=O)N3CCCCC3C)cc2)sc2cc(S(C)(=O)=O)ccc21. The molecule has 1 aromatic heterocycles. The van der Waals surface area contributed by atoms with Crippen molar-refractivity contribution in [3.63, 3.8) is 0 Å². The summed E-state index contributed by atoms with van der Waals surface area (Å²) in [6.07, 6.45) is 3.83. The van der Waals surface area contributed by atoms with Crippen LogP contribution in [0.2, 0.25) is 0 Å². The molecule has 0 aliphatic carbocycles. The van der Waals surface area contributed by atoms with E-state index in [4.69, 9.17) is 4.74 Å². The summed E-state index contributed by atoms with van der Waals surface area (Å²) in [7, 11) is -7.03. The van der Waals surface area contributed by atoms with Crippen molar-refractivity contribution in [2.75, 3.05) is 26.0 Å². The fourth-order valence-electron chi connectivity index (χ4n) is 4.37. The number of benzene rings is 2. The van der Waals surface area contributed by atoms with E-state index < -0.39 is 25.8 Å². The van der Waals surface area contributed by atoms with Crippen molar-refractivity contribution in [2.45, 2.75) is 55.5 Å². The maximum atomic E-state index is 13.1. The molecule has 0 saturated carbocycles. The van der Waals surface area contributed by atoms with Gasteiger partial charge in [0.25, 0.3) is 5.91 Å². The largest absolute Gasteiger partial charge is 0.380 e. The molecule has 4 rings (SSSR count). The molecule has 3 aromatic rings. The maximum absolute atomic E-state index is 13.1. The minimum absolute atomic E-state index is 0.0571. The number of aromatic nitrogens is 1. The minimum atomic E-state index is -3.64. The predicted molar refractivity (Wildman–Crippen MR) is 143 cm³/mol. The smallest absolute Gasteiger partial charge is 0.279 e. The van der Waals surface area contributed by atoms with E-state index in [1.165, 1.54) is 46.0 Å². The Balaban J connectivity index is 1.68. The van der Waals surface area contributed by atoms with Crippen molar-refractivity contribution in [2.24, 2.45) is 4.99 Å². The highest BCUT2D eigenvalue weighted by Gasteiger charge is 2.31. The fraction of sp³-hybridized carbons (Fsp3) is 0.440. The quantitative estimate of drug-likeness (QED) is 0.387. The van der Waals surface area contributed by atoms with Crippen LogP contribution in [0.4, 0.5) is 0 Å². The average molecular weight is 566 g/mol. The zero-order valence-corrected chi connectivity index (χ0v) is 23.5. The van der Waals surface area contributed by atoms with E-state index >= 15 is 0 Å². The van der Waals surface area contributed by atoms with Gasteiger partial charge in [0.05, 0.1) is 26.6 Å². The van der Waals surface area contributed by atoms with Gasteiger partial charge in [0.2, 0.25) is 10.0 Å². The first-order valence-electron chi connectivity index (χ1n) is 12.1. The number of carbonyl (C=O) groups excluding carboxylic acids is 1. The van der Waals surface area contributed by atoms with Crippen LogP contribution < -0.4 is 4.80 Å². The molecule has 1 aliphatic heterocycles. The van der Waals surface area contributed by atoms with Gasteiger partial charge in [0.1, 0.15) is 0 Å². The molecule has 0 spiro atoms. The van der Waals surface area contributed by atoms with Crippen LogP contribution in [0.5, 0.6) is 0 Å². The van der Waals surface area contributed by atoms with Crippen molar-refractivity contribution in [1.29, 1.82) is 0 Å². The first kappa shape index (κ1) is 27.6. The van der Waals surface area contributed by atoms with Crippen LogP contribution in [-0.4, -0.2) is 63.7 Å². The summed E-state index contributed by atoms with van der Waals surface area (Å²) in [5, 5.41) is 0. The second-order valence-electron chi connectivity index (χ2n) is 9.04. The Bertz CT molecular complexity index is 1570. The van der Waals surface area contributed by atoms with Gasteiger partial charge in [-0.15, -0.1) is 0 Å². The summed E-state index contributed by atoms with van der Waals surface area (Å²) in [6.45, 7) is 5.67. The highest BCUT2D eigenvalue weighted by atomic mass is 32.2. The lowest BCUT2D eigenvalue weighted by Crippen LogP contribution is -2.41. The molecule has 12 heteroatoms. The molecule has 200 valence electrons. The maximum Gasteiger partial charge on any atom is 0.279 e. The molecule has 1 unspecified atom stereocenters. The summed E-state index contributed by atoms with van der Waals surface area (Å²) < 4.78 is 59.7. The molecule has 1 atom stereocenters. The molecular weight excluding hydrogens is 534 g/mol. The van der Waals surface area contributed by atoms with Gasteiger partial charge < -0.3 is 9.30 Å². The van der Waals surface area contributed by atoms with Gasteiger partial charge >= 0.3 is 0 Å². The van der Waals surface area contributed by atoms with Crippen LogP contribution in [0.25, 0.3) is 10.2 Å². The molecule has 1 fully saturated rings. The van der Waals surface area contributed by atoms with Crippen LogP contribution in [-0.2, 0) is 31.1 Å². The number of fused-ring (bicyclic) bond motifs is 1. The van der Waals surface area contributed by atoms with Crippen LogP contribution in [0.1, 0.15) is 43.5 Å². The van der Waals surface area contributed by atoms with E-state index in [1.54, 1.807) is 12.1 Å². The first-order valence-corrected chi connectivity index (χ1v) is 16.3. The second kappa shape index (κ2) is 11.2. The van der Waals surface area contributed by atoms with Crippen LogP contribution in [0.3, 0.4) is 0 Å². The molecule has 2 aromatic carbocycles. The van der Waals surface area contributed by atoms with Gasteiger partial charge in [0.15, 0.2) is 14.6 Å². The third kappa shape index (κ3) is 6.04. The van der Waals surface area contributed by atoms with Crippen molar-refractivity contribution in [3.8, 4) is 0 Å². The lowest BCUT2D eigenvalue weighted by Gasteiger charge is -2.32. The molecule has 1 aliphatic rings. The minimum Gasteiger partial charge on any atom is -0.380 e. The average Bonchev–Trinajstić information content (AvgIpc) is 3.20. The first-order chi connectivity index (χ1) is 17.5. The molecule has 37 heavy (non-hydrogen) atoms. The van der Waals surface area contributed by atoms with Gasteiger partial charge in [-0.05, 0) is 69.2 Å². The normalized spacial score (nSPS) is 17.9. The number of nitrogens with zero attached hydrogens (tertiary/aromatic N) is 3. The van der Waals surface area contributed by atoms with E-state index in [0.29, 0.717) is 35.8 Å². The number of sulfonamides is 1. The molecule has 0 radical (unpaired) electrons. The Hall–Kier alpha value is -2.38. The van der Waals surface area contributed by atoms with Crippen LogP contribution in [0, 0.1) is 0 Å². The number of amides is 1. The molecule has 0 bridgehead atoms. The molecule has 1 saturated heterocycles. The van der Waals surface area contributed by atoms with E-state index in [9.17, 15) is 21.6 Å². The van der Waals surface area contributed by atoms with Crippen molar-refractivity contribution >= 4 is 47.3 Å². The number of piperidine rings is 1. The van der Waals surface area contributed by atoms with Gasteiger partial charge in [-0.3, -0.25) is 4.79 Å². The number of rotatable bonds is 8. The highest BCUT2D eigenvalue weighted by Crippen LogP contribution is 2.26. The summed E-state index contributed by atoms with van der Waals surface area (Å²) in [5.74, 6) is -0.518. The van der Waals surface area contributed by atoms with E-state index in [-0.39, 0.29) is 21.4 Å². The number of thiazole rings is 1. The number of carbonyl (C=O) groups is 1. The molecule has 1 amide bonds. The third-order valence-electron chi connectivity index (χ3n) is 6.39.